The Labute approximate surface area is 113 Å². The van der Waals surface area contributed by atoms with Crippen LogP contribution in [0.5, 0.6) is 5.75 Å². The van der Waals surface area contributed by atoms with Crippen LogP contribution >= 0.6 is 0 Å². The van der Waals surface area contributed by atoms with Gasteiger partial charge in [0, 0.05) is 13.1 Å². The summed E-state index contributed by atoms with van der Waals surface area (Å²) < 4.78 is 11.0. The third-order valence-corrected chi connectivity index (χ3v) is 3.58. The lowest BCUT2D eigenvalue weighted by molar-refractivity contribution is 0.0292. The molecule has 0 radical (unpaired) electrons. The molecule has 0 saturated carbocycles. The summed E-state index contributed by atoms with van der Waals surface area (Å²) >= 11 is 0. The van der Waals surface area contributed by atoms with E-state index in [-0.39, 0.29) is 0 Å². The van der Waals surface area contributed by atoms with E-state index in [2.05, 4.69) is 35.6 Å². The van der Waals surface area contributed by atoms with Crippen LogP contribution in [-0.2, 0) is 11.2 Å². The largest absolute Gasteiger partial charge is 0.497 e. The van der Waals surface area contributed by atoms with E-state index in [4.69, 9.17) is 9.47 Å². The molecule has 19 heavy (non-hydrogen) atoms. The molecule has 0 bridgehead atoms. The minimum Gasteiger partial charge on any atom is -0.497 e. The Bertz CT molecular complexity index is 562. The first-order chi connectivity index (χ1) is 9.35. The van der Waals surface area contributed by atoms with Crippen LogP contribution in [0, 0.1) is 0 Å². The quantitative estimate of drug-likeness (QED) is 0.915. The Morgan fingerprint density at radius 1 is 1.21 bits per heavy atom. The van der Waals surface area contributed by atoms with E-state index in [0.717, 1.165) is 31.9 Å². The minimum absolute atomic E-state index is 0.296. The van der Waals surface area contributed by atoms with Crippen LogP contribution in [0.25, 0.3) is 10.8 Å². The van der Waals surface area contributed by atoms with Gasteiger partial charge in [-0.05, 0) is 34.9 Å². The molecule has 0 spiro atoms. The third-order valence-electron chi connectivity index (χ3n) is 3.58. The average Bonchev–Trinajstić information content (AvgIpc) is 2.48. The molecule has 2 aromatic rings. The minimum atomic E-state index is 0.296. The van der Waals surface area contributed by atoms with E-state index in [0.29, 0.717) is 6.10 Å². The summed E-state index contributed by atoms with van der Waals surface area (Å²) in [6.07, 6.45) is 1.26. The first-order valence-corrected chi connectivity index (χ1v) is 6.74. The maximum absolute atomic E-state index is 5.75. The van der Waals surface area contributed by atoms with E-state index >= 15 is 0 Å². The lowest BCUT2D eigenvalue weighted by Gasteiger charge is -2.23. The normalized spacial score (nSPS) is 19.5. The van der Waals surface area contributed by atoms with Gasteiger partial charge in [0.05, 0.1) is 19.8 Å². The van der Waals surface area contributed by atoms with E-state index in [1.54, 1.807) is 7.11 Å². The van der Waals surface area contributed by atoms with Gasteiger partial charge < -0.3 is 14.8 Å². The Balaban J connectivity index is 1.80. The summed E-state index contributed by atoms with van der Waals surface area (Å²) in [6.45, 7) is 2.73. The van der Waals surface area contributed by atoms with Gasteiger partial charge in [0.25, 0.3) is 0 Å². The maximum Gasteiger partial charge on any atom is 0.119 e. The highest BCUT2D eigenvalue weighted by atomic mass is 16.5. The van der Waals surface area contributed by atoms with Gasteiger partial charge in [0.15, 0.2) is 0 Å². The molecule has 0 aromatic heterocycles. The van der Waals surface area contributed by atoms with Gasteiger partial charge in [0.2, 0.25) is 0 Å². The topological polar surface area (TPSA) is 30.5 Å². The number of morpholine rings is 1. The predicted molar refractivity (Wildman–Crippen MR) is 76.8 cm³/mol. The van der Waals surface area contributed by atoms with Gasteiger partial charge in [-0.3, -0.25) is 0 Å². The van der Waals surface area contributed by atoms with Crippen LogP contribution in [0.1, 0.15) is 5.56 Å². The number of benzene rings is 2. The molecule has 1 N–H and O–H groups in total. The van der Waals surface area contributed by atoms with Gasteiger partial charge in [-0.15, -0.1) is 0 Å². The number of hydrogen-bond donors (Lipinski definition) is 1. The molecule has 0 aliphatic carbocycles. The van der Waals surface area contributed by atoms with Crippen LogP contribution in [-0.4, -0.2) is 32.9 Å². The molecule has 3 heteroatoms. The first-order valence-electron chi connectivity index (χ1n) is 6.74. The Kier molecular flexibility index (Phi) is 3.67. The molecule has 1 aliphatic heterocycles. The number of rotatable bonds is 3. The van der Waals surface area contributed by atoms with Crippen molar-refractivity contribution in [3.63, 3.8) is 0 Å². The molecule has 100 valence electrons. The van der Waals surface area contributed by atoms with Crippen LogP contribution in [0.2, 0.25) is 0 Å². The Morgan fingerprint density at radius 2 is 2.05 bits per heavy atom. The molecule has 1 atom stereocenters. The molecule has 1 aliphatic rings. The lowest BCUT2D eigenvalue weighted by Crippen LogP contribution is -2.39. The second kappa shape index (κ2) is 5.59. The van der Waals surface area contributed by atoms with Crippen LogP contribution < -0.4 is 10.1 Å². The highest BCUT2D eigenvalue weighted by Crippen LogP contribution is 2.22. The van der Waals surface area contributed by atoms with Crippen molar-refractivity contribution in [2.24, 2.45) is 0 Å². The van der Waals surface area contributed by atoms with Crippen molar-refractivity contribution in [1.82, 2.24) is 5.32 Å². The third kappa shape index (κ3) is 2.88. The highest BCUT2D eigenvalue weighted by molar-refractivity contribution is 5.84. The summed E-state index contributed by atoms with van der Waals surface area (Å²) in [5.74, 6) is 0.903. The van der Waals surface area contributed by atoms with Crippen molar-refractivity contribution in [2.45, 2.75) is 12.5 Å². The van der Waals surface area contributed by atoms with E-state index in [9.17, 15) is 0 Å². The zero-order chi connectivity index (χ0) is 13.1. The standard InChI is InChI=1S/C16H19NO2/c1-18-15-5-4-13-8-12(2-3-14(13)10-15)9-16-11-17-6-7-19-16/h2-5,8,10,16-17H,6-7,9,11H2,1H3. The number of methoxy groups -OCH3 is 1. The molecule has 1 heterocycles. The number of fused-ring (bicyclic) bond motifs is 1. The fraction of sp³-hybridized carbons (Fsp3) is 0.375. The molecule has 2 aromatic carbocycles. The summed E-state index contributed by atoms with van der Waals surface area (Å²) in [6, 6.07) is 12.8. The smallest absolute Gasteiger partial charge is 0.119 e. The summed E-state index contributed by atoms with van der Waals surface area (Å²) in [4.78, 5) is 0. The molecule has 1 fully saturated rings. The van der Waals surface area contributed by atoms with Gasteiger partial charge in [-0.1, -0.05) is 24.3 Å². The van der Waals surface area contributed by atoms with Gasteiger partial charge in [-0.2, -0.15) is 0 Å². The second-order valence-electron chi connectivity index (χ2n) is 4.95. The lowest BCUT2D eigenvalue weighted by atomic mass is 10.0. The average molecular weight is 257 g/mol. The van der Waals surface area contributed by atoms with Crippen molar-refractivity contribution >= 4 is 10.8 Å². The van der Waals surface area contributed by atoms with Gasteiger partial charge in [0.1, 0.15) is 5.75 Å². The molecule has 3 rings (SSSR count). The van der Waals surface area contributed by atoms with Gasteiger partial charge in [-0.25, -0.2) is 0 Å². The Hall–Kier alpha value is -1.58. The molecule has 1 saturated heterocycles. The van der Waals surface area contributed by atoms with Gasteiger partial charge >= 0.3 is 0 Å². The van der Waals surface area contributed by atoms with Crippen LogP contribution in [0.3, 0.4) is 0 Å². The van der Waals surface area contributed by atoms with E-state index < -0.39 is 0 Å². The maximum atomic E-state index is 5.75. The number of hydrogen-bond acceptors (Lipinski definition) is 3. The molecular weight excluding hydrogens is 238 g/mol. The summed E-state index contributed by atoms with van der Waals surface area (Å²) in [5.41, 5.74) is 1.33. The van der Waals surface area contributed by atoms with Crippen molar-refractivity contribution in [2.75, 3.05) is 26.8 Å². The summed E-state index contributed by atoms with van der Waals surface area (Å²) in [5, 5.41) is 5.83. The molecule has 0 amide bonds. The van der Waals surface area contributed by atoms with Crippen molar-refractivity contribution < 1.29 is 9.47 Å². The molecular formula is C16H19NO2. The zero-order valence-electron chi connectivity index (χ0n) is 11.2. The SMILES string of the molecule is COc1ccc2cc(CC3CNCCO3)ccc2c1. The number of ether oxygens (including phenoxy) is 2. The first kappa shape index (κ1) is 12.5. The van der Waals surface area contributed by atoms with Crippen LogP contribution in [0.4, 0.5) is 0 Å². The van der Waals surface area contributed by atoms with Crippen LogP contribution in [0.15, 0.2) is 36.4 Å². The summed E-state index contributed by atoms with van der Waals surface area (Å²) in [7, 11) is 1.70. The molecule has 3 nitrogen and oxygen atoms in total. The number of nitrogens with one attached hydrogen (secondary N) is 1. The van der Waals surface area contributed by atoms with Crippen molar-refractivity contribution in [3.05, 3.63) is 42.0 Å². The fourth-order valence-corrected chi connectivity index (χ4v) is 2.54. The predicted octanol–water partition coefficient (Wildman–Crippen LogP) is 2.38. The monoisotopic (exact) mass is 257 g/mol. The highest BCUT2D eigenvalue weighted by Gasteiger charge is 2.13. The Morgan fingerprint density at radius 3 is 2.84 bits per heavy atom. The van der Waals surface area contributed by atoms with Crippen molar-refractivity contribution in [3.8, 4) is 5.75 Å². The zero-order valence-corrected chi connectivity index (χ0v) is 11.2. The van der Waals surface area contributed by atoms with E-state index in [1.165, 1.54) is 16.3 Å². The fourth-order valence-electron chi connectivity index (χ4n) is 2.54. The van der Waals surface area contributed by atoms with Crippen molar-refractivity contribution in [1.29, 1.82) is 0 Å². The van der Waals surface area contributed by atoms with E-state index in [1.807, 2.05) is 6.07 Å². The second-order valence-corrected chi connectivity index (χ2v) is 4.95. The molecule has 1 unspecified atom stereocenters.